The highest BCUT2D eigenvalue weighted by molar-refractivity contribution is 5.86. The van der Waals surface area contributed by atoms with Gasteiger partial charge in [0.2, 0.25) is 0 Å². The Morgan fingerprint density at radius 1 is 1.19 bits per heavy atom. The van der Waals surface area contributed by atoms with Gasteiger partial charge < -0.3 is 25.1 Å². The molecule has 0 fully saturated rings. The average Bonchev–Trinajstić information content (AvgIpc) is 2.92. The predicted octanol–water partition coefficient (Wildman–Crippen LogP) is 3.79. The van der Waals surface area contributed by atoms with Crippen molar-refractivity contribution in [2.24, 2.45) is 0 Å². The number of aryl methyl sites for hydroxylation is 1. The summed E-state index contributed by atoms with van der Waals surface area (Å²) in [6, 6.07) is 2.87. The zero-order valence-corrected chi connectivity index (χ0v) is 21.7. The van der Waals surface area contributed by atoms with E-state index < -0.39 is 53.6 Å². The molecule has 0 saturated carbocycles. The number of nitrogens with one attached hydrogen (secondary N) is 2. The van der Waals surface area contributed by atoms with Crippen LogP contribution in [-0.2, 0) is 17.5 Å². The number of rotatable bonds is 11. The van der Waals surface area contributed by atoms with E-state index in [1.807, 2.05) is 0 Å². The summed E-state index contributed by atoms with van der Waals surface area (Å²) in [4.78, 5) is 32.8. The lowest BCUT2D eigenvalue weighted by Crippen LogP contribution is -2.32. The number of nitrogens with zero attached hydrogens (tertiary/aromatic N) is 4. The van der Waals surface area contributed by atoms with E-state index in [1.165, 1.54) is 30.1 Å². The first-order chi connectivity index (χ1) is 19.9. The van der Waals surface area contributed by atoms with Crippen molar-refractivity contribution in [3.05, 3.63) is 68.9 Å². The molecule has 0 saturated heterocycles. The molecule has 0 amide bonds. The molecule has 3 aromatic heterocycles. The zero-order chi connectivity index (χ0) is 30.6. The molecular weight excluding hydrogens is 576 g/mol. The summed E-state index contributed by atoms with van der Waals surface area (Å²) in [7, 11) is 1.35. The SMILES string of the molecule is COc1ncc(-c2cc3ccn(CCC[C@H](COC(F)F)Nc4cn[nH]c(=O)c4C(F)(F)F)c(=O)c3cc2F)nc1N. The molecular formula is C25H23F6N7O4. The first-order valence-electron chi connectivity index (χ1n) is 12.2. The molecule has 4 rings (SSSR count). The summed E-state index contributed by atoms with van der Waals surface area (Å²) in [5.74, 6) is -0.755. The maximum atomic E-state index is 15.0. The first kappa shape index (κ1) is 30.3. The molecule has 0 aliphatic rings. The molecule has 0 aliphatic heterocycles. The van der Waals surface area contributed by atoms with Crippen molar-refractivity contribution in [2.75, 3.05) is 24.8 Å². The van der Waals surface area contributed by atoms with Gasteiger partial charge in [-0.15, -0.1) is 0 Å². The number of halogens is 6. The Hall–Kier alpha value is -4.67. The van der Waals surface area contributed by atoms with Gasteiger partial charge in [-0.1, -0.05) is 0 Å². The number of nitrogens with two attached hydrogens (primary N) is 1. The summed E-state index contributed by atoms with van der Waals surface area (Å²) >= 11 is 0. The lowest BCUT2D eigenvalue weighted by molar-refractivity contribution is -0.138. The van der Waals surface area contributed by atoms with E-state index in [4.69, 9.17) is 10.5 Å². The van der Waals surface area contributed by atoms with Crippen molar-refractivity contribution in [2.45, 2.75) is 38.2 Å². The highest BCUT2D eigenvalue weighted by Crippen LogP contribution is 2.32. The Balaban J connectivity index is 1.53. The molecule has 17 heteroatoms. The molecule has 4 aromatic rings. The Morgan fingerprint density at radius 3 is 2.62 bits per heavy atom. The third-order valence-corrected chi connectivity index (χ3v) is 6.17. The van der Waals surface area contributed by atoms with Gasteiger partial charge in [0.25, 0.3) is 17.0 Å². The first-order valence-corrected chi connectivity index (χ1v) is 12.2. The Kier molecular flexibility index (Phi) is 8.99. The summed E-state index contributed by atoms with van der Waals surface area (Å²) in [6.07, 6.45) is -1.58. The van der Waals surface area contributed by atoms with Gasteiger partial charge in [0.15, 0.2) is 5.82 Å². The summed E-state index contributed by atoms with van der Waals surface area (Å²) in [6.45, 7) is -3.90. The Morgan fingerprint density at radius 2 is 1.95 bits per heavy atom. The van der Waals surface area contributed by atoms with E-state index in [0.29, 0.717) is 11.6 Å². The fourth-order valence-electron chi connectivity index (χ4n) is 4.26. The lowest BCUT2D eigenvalue weighted by atomic mass is 10.1. The second-order valence-electron chi connectivity index (χ2n) is 8.95. The molecule has 1 atom stereocenters. The monoisotopic (exact) mass is 599 g/mol. The van der Waals surface area contributed by atoms with E-state index in [-0.39, 0.29) is 47.7 Å². The minimum absolute atomic E-state index is 0.00520. The van der Waals surface area contributed by atoms with Crippen LogP contribution in [0, 0.1) is 5.82 Å². The average molecular weight is 599 g/mol. The van der Waals surface area contributed by atoms with E-state index in [1.54, 1.807) is 11.2 Å². The fourth-order valence-corrected chi connectivity index (χ4v) is 4.26. The molecule has 4 N–H and O–H groups in total. The number of aromatic nitrogens is 5. The standard InChI is InChI=1S/C25H23F6N7O4/c1-41-22-20(32)36-17(9-33-22)15-7-12-4-6-38(23(40)14(12)8-16(15)26)5-2-3-13(11-42-24(27)28)35-18-10-34-37-21(39)19(18)25(29,30)31/h4,6-10,13,24H,2-3,5,11H2,1H3,(H2,32,36)(H2,35,37,39)/t13-/m1/s1. The third kappa shape index (κ3) is 6.79. The number of fused-ring (bicyclic) bond motifs is 1. The summed E-state index contributed by atoms with van der Waals surface area (Å²) in [5, 5.41) is 7.83. The lowest BCUT2D eigenvalue weighted by Gasteiger charge is -2.22. The van der Waals surface area contributed by atoms with E-state index in [9.17, 15) is 31.5 Å². The van der Waals surface area contributed by atoms with Crippen LogP contribution in [0.15, 0.2) is 46.4 Å². The van der Waals surface area contributed by atoms with Gasteiger partial charge in [-0.05, 0) is 36.4 Å². The molecule has 0 bridgehead atoms. The largest absolute Gasteiger partial charge is 0.478 e. The van der Waals surface area contributed by atoms with Gasteiger partial charge >= 0.3 is 12.8 Å². The molecule has 0 aliphatic carbocycles. The Bertz CT molecular complexity index is 1690. The van der Waals surface area contributed by atoms with E-state index in [2.05, 4.69) is 25.1 Å². The number of anilines is 2. The van der Waals surface area contributed by atoms with Gasteiger partial charge in [0, 0.05) is 24.3 Å². The second-order valence-corrected chi connectivity index (χ2v) is 8.95. The molecule has 42 heavy (non-hydrogen) atoms. The maximum absolute atomic E-state index is 15.0. The molecule has 224 valence electrons. The number of methoxy groups -OCH3 is 1. The fraction of sp³-hybridized carbons (Fsp3) is 0.320. The molecule has 1 aromatic carbocycles. The topological polar surface area (TPSA) is 150 Å². The van der Waals surface area contributed by atoms with Gasteiger partial charge in [0.05, 0.1) is 42.9 Å². The van der Waals surface area contributed by atoms with Crippen molar-refractivity contribution < 1.29 is 35.8 Å². The number of hydrogen-bond acceptors (Lipinski definition) is 9. The van der Waals surface area contributed by atoms with Crippen molar-refractivity contribution in [1.29, 1.82) is 0 Å². The minimum Gasteiger partial charge on any atom is -0.478 e. The molecule has 0 unspecified atom stereocenters. The number of nitrogen functional groups attached to an aromatic ring is 1. The summed E-state index contributed by atoms with van der Waals surface area (Å²) < 4.78 is 91.0. The van der Waals surface area contributed by atoms with Gasteiger partial charge in [0.1, 0.15) is 11.4 Å². The normalized spacial score (nSPS) is 12.6. The van der Waals surface area contributed by atoms with Crippen LogP contribution >= 0.6 is 0 Å². The number of ether oxygens (including phenoxy) is 2. The van der Waals surface area contributed by atoms with Crippen LogP contribution < -0.4 is 26.9 Å². The zero-order valence-electron chi connectivity index (χ0n) is 21.7. The van der Waals surface area contributed by atoms with Crippen LogP contribution in [0.2, 0.25) is 0 Å². The van der Waals surface area contributed by atoms with Gasteiger partial charge in [-0.3, -0.25) is 9.59 Å². The van der Waals surface area contributed by atoms with Crippen LogP contribution in [0.1, 0.15) is 18.4 Å². The van der Waals surface area contributed by atoms with Crippen molar-refractivity contribution in [1.82, 2.24) is 24.7 Å². The van der Waals surface area contributed by atoms with Crippen LogP contribution in [0.5, 0.6) is 5.88 Å². The van der Waals surface area contributed by atoms with Crippen molar-refractivity contribution in [3.63, 3.8) is 0 Å². The van der Waals surface area contributed by atoms with E-state index >= 15 is 4.39 Å². The second kappa shape index (κ2) is 12.5. The van der Waals surface area contributed by atoms with Crippen molar-refractivity contribution in [3.8, 4) is 17.1 Å². The third-order valence-electron chi connectivity index (χ3n) is 6.17. The Labute approximate surface area is 232 Å². The van der Waals surface area contributed by atoms with Crippen LogP contribution in [0.25, 0.3) is 22.0 Å². The number of pyridine rings is 1. The van der Waals surface area contributed by atoms with Crippen molar-refractivity contribution >= 4 is 22.3 Å². The number of aromatic amines is 1. The maximum Gasteiger partial charge on any atom is 0.423 e. The highest BCUT2D eigenvalue weighted by Gasteiger charge is 2.37. The smallest absolute Gasteiger partial charge is 0.423 e. The number of benzene rings is 1. The quantitative estimate of drug-likeness (QED) is 0.219. The molecule has 3 heterocycles. The van der Waals surface area contributed by atoms with Crippen LogP contribution in [0.3, 0.4) is 0 Å². The van der Waals surface area contributed by atoms with Gasteiger partial charge in [-0.2, -0.15) is 27.1 Å². The molecule has 0 radical (unpaired) electrons. The molecule has 11 nitrogen and oxygen atoms in total. The number of H-pyrrole nitrogens is 1. The van der Waals surface area contributed by atoms with Crippen LogP contribution in [-0.4, -0.2) is 51.1 Å². The predicted molar refractivity (Wildman–Crippen MR) is 139 cm³/mol. The summed E-state index contributed by atoms with van der Waals surface area (Å²) in [5.41, 5.74) is 1.55. The number of hydrogen-bond donors (Lipinski definition) is 3. The van der Waals surface area contributed by atoms with Gasteiger partial charge in [-0.25, -0.2) is 19.5 Å². The molecule has 0 spiro atoms. The minimum atomic E-state index is -5.05. The highest BCUT2D eigenvalue weighted by atomic mass is 19.4. The van der Waals surface area contributed by atoms with Crippen LogP contribution in [0.4, 0.5) is 37.8 Å². The van der Waals surface area contributed by atoms with E-state index in [0.717, 1.165) is 6.07 Å². The number of alkyl halides is 5.